The van der Waals surface area contributed by atoms with Gasteiger partial charge in [-0.25, -0.2) is 0 Å². The number of aryl methyl sites for hydroxylation is 2. The second-order valence-corrected chi connectivity index (χ2v) is 11.5. The van der Waals surface area contributed by atoms with Gasteiger partial charge in [0, 0.05) is 0 Å². The molecule has 0 nitrogen and oxygen atoms in total. The molecule has 0 N–H and O–H groups in total. The van der Waals surface area contributed by atoms with Crippen LogP contribution < -0.4 is 15.9 Å². The Balaban J connectivity index is 1.86. The molecule has 1 heteroatoms. The van der Waals surface area contributed by atoms with Crippen LogP contribution in [0.25, 0.3) is 0 Å². The van der Waals surface area contributed by atoms with Crippen molar-refractivity contribution >= 4 is 23.2 Å². The van der Waals surface area contributed by atoms with Crippen molar-refractivity contribution in [1.82, 2.24) is 0 Å². The zero-order valence-electron chi connectivity index (χ0n) is 16.4. The van der Waals surface area contributed by atoms with E-state index in [0.717, 1.165) is 12.6 Å². The first kappa shape index (κ1) is 18.7. The fraction of sp³-hybridized carbons (Fsp3) is 0.111. The average Bonchev–Trinajstić information content (AvgIpc) is 2.78. The van der Waals surface area contributed by atoms with Gasteiger partial charge in [0.1, 0.15) is 0 Å². The summed E-state index contributed by atoms with van der Waals surface area (Å²) in [7, 11) is -2.12. The second kappa shape index (κ2) is 8.55. The first-order valence-electron chi connectivity index (χ1n) is 10.0. The molecule has 0 spiro atoms. The van der Waals surface area contributed by atoms with E-state index in [1.54, 1.807) is 0 Å². The molecule has 0 aliphatic rings. The van der Waals surface area contributed by atoms with Crippen molar-refractivity contribution in [3.63, 3.8) is 0 Å². The molecule has 0 bridgehead atoms. The van der Waals surface area contributed by atoms with Crippen molar-refractivity contribution in [2.45, 2.75) is 13.3 Å². The molecule has 0 heterocycles. The van der Waals surface area contributed by atoms with Crippen molar-refractivity contribution in [3.8, 4) is 0 Å². The van der Waals surface area contributed by atoms with Gasteiger partial charge < -0.3 is 0 Å². The summed E-state index contributed by atoms with van der Waals surface area (Å²) in [5.41, 5.74) is 2.74. The Kier molecular flexibility index (Phi) is 5.70. The van der Waals surface area contributed by atoms with Gasteiger partial charge in [-0.2, -0.15) is 0 Å². The standard InChI is InChI=1S/C27H27P/c1-23-17-19-24(20-18-23)21-22-28(25-11-5-2-6-12-25,26-13-7-3-8-14-26)27-15-9-4-10-16-27/h2-20,28H,21-22H2,1H3. The van der Waals surface area contributed by atoms with Crippen LogP contribution in [-0.4, -0.2) is 6.16 Å². The topological polar surface area (TPSA) is 0 Å². The van der Waals surface area contributed by atoms with Gasteiger partial charge in [0.15, 0.2) is 0 Å². The molecule has 0 saturated heterocycles. The molecule has 0 atom stereocenters. The molecule has 0 aromatic heterocycles. The molecular weight excluding hydrogens is 355 g/mol. The van der Waals surface area contributed by atoms with Crippen LogP contribution in [0.2, 0.25) is 0 Å². The molecule has 4 aromatic rings. The zero-order valence-corrected chi connectivity index (χ0v) is 17.4. The van der Waals surface area contributed by atoms with Crippen LogP contribution in [0.5, 0.6) is 0 Å². The summed E-state index contributed by atoms with van der Waals surface area (Å²) in [4.78, 5) is 0. The van der Waals surface area contributed by atoms with Gasteiger partial charge in [-0.15, -0.1) is 0 Å². The molecule has 28 heavy (non-hydrogen) atoms. The van der Waals surface area contributed by atoms with E-state index in [0.29, 0.717) is 0 Å². The van der Waals surface area contributed by atoms with Gasteiger partial charge in [0.2, 0.25) is 0 Å². The monoisotopic (exact) mass is 382 g/mol. The normalized spacial score (nSPS) is 11.9. The van der Waals surface area contributed by atoms with Crippen LogP contribution >= 0.6 is 7.26 Å². The molecule has 0 amide bonds. The minimum atomic E-state index is -2.12. The third-order valence-corrected chi connectivity index (χ3v) is 10.7. The fourth-order valence-corrected chi connectivity index (χ4v) is 9.00. The number of hydrogen-bond acceptors (Lipinski definition) is 0. The van der Waals surface area contributed by atoms with E-state index < -0.39 is 7.26 Å². The van der Waals surface area contributed by atoms with Crippen LogP contribution in [0, 0.1) is 6.92 Å². The maximum absolute atomic E-state index is 2.33. The van der Waals surface area contributed by atoms with E-state index in [4.69, 9.17) is 0 Å². The van der Waals surface area contributed by atoms with Crippen molar-refractivity contribution in [3.05, 3.63) is 126 Å². The average molecular weight is 382 g/mol. The predicted molar refractivity (Wildman–Crippen MR) is 126 cm³/mol. The van der Waals surface area contributed by atoms with Crippen LogP contribution in [0.1, 0.15) is 11.1 Å². The number of hydrogen-bond donors (Lipinski definition) is 0. The SMILES string of the molecule is Cc1ccc(CC[PH](c2ccccc2)(c2ccccc2)c2ccccc2)cc1. The molecule has 0 aliphatic heterocycles. The number of benzene rings is 4. The Labute approximate surface area is 169 Å². The predicted octanol–water partition coefficient (Wildman–Crippen LogP) is 5.26. The van der Waals surface area contributed by atoms with E-state index in [9.17, 15) is 0 Å². The van der Waals surface area contributed by atoms with E-state index in [1.807, 2.05) is 0 Å². The van der Waals surface area contributed by atoms with Gasteiger partial charge in [0.05, 0.1) is 0 Å². The Bertz CT molecular complexity index is 894. The molecule has 0 radical (unpaired) electrons. The minimum absolute atomic E-state index is 1.09. The van der Waals surface area contributed by atoms with E-state index in [1.165, 1.54) is 27.0 Å². The van der Waals surface area contributed by atoms with Gasteiger partial charge in [-0.3, -0.25) is 0 Å². The Morgan fingerprint density at radius 3 is 1.29 bits per heavy atom. The van der Waals surface area contributed by atoms with Crippen molar-refractivity contribution in [2.24, 2.45) is 0 Å². The summed E-state index contributed by atoms with van der Waals surface area (Å²) in [5.74, 6) is 0. The summed E-state index contributed by atoms with van der Waals surface area (Å²) in [5, 5.41) is 4.46. The van der Waals surface area contributed by atoms with E-state index in [-0.39, 0.29) is 0 Å². The van der Waals surface area contributed by atoms with Gasteiger partial charge in [-0.05, 0) is 0 Å². The first-order valence-corrected chi connectivity index (χ1v) is 12.2. The third kappa shape index (κ3) is 3.79. The molecule has 0 saturated carbocycles. The van der Waals surface area contributed by atoms with Gasteiger partial charge in [0.25, 0.3) is 0 Å². The third-order valence-electron chi connectivity index (χ3n) is 5.71. The quantitative estimate of drug-likeness (QED) is 0.399. The van der Waals surface area contributed by atoms with Gasteiger partial charge in [-0.1, -0.05) is 0 Å². The molecule has 4 aromatic carbocycles. The Morgan fingerprint density at radius 2 is 0.893 bits per heavy atom. The molecule has 0 unspecified atom stereocenters. The zero-order chi connectivity index (χ0) is 19.2. The summed E-state index contributed by atoms with van der Waals surface area (Å²) < 4.78 is 0. The van der Waals surface area contributed by atoms with Crippen LogP contribution in [-0.2, 0) is 6.42 Å². The van der Waals surface area contributed by atoms with Gasteiger partial charge >= 0.3 is 169 Å². The second-order valence-electron chi connectivity index (χ2n) is 7.49. The fourth-order valence-electron chi connectivity index (χ4n) is 4.19. The van der Waals surface area contributed by atoms with Crippen molar-refractivity contribution in [2.75, 3.05) is 6.16 Å². The Hall–Kier alpha value is -2.69. The van der Waals surface area contributed by atoms with Crippen LogP contribution in [0.3, 0.4) is 0 Å². The summed E-state index contributed by atoms with van der Waals surface area (Å²) >= 11 is 0. The van der Waals surface area contributed by atoms with E-state index >= 15 is 0 Å². The summed E-state index contributed by atoms with van der Waals surface area (Å²) in [6.45, 7) is 2.15. The van der Waals surface area contributed by atoms with Crippen molar-refractivity contribution in [1.29, 1.82) is 0 Å². The molecule has 140 valence electrons. The summed E-state index contributed by atoms with van der Waals surface area (Å²) in [6, 6.07) is 42.5. The maximum atomic E-state index is 2.33. The van der Waals surface area contributed by atoms with Crippen molar-refractivity contribution < 1.29 is 0 Å². The number of rotatable bonds is 6. The van der Waals surface area contributed by atoms with Crippen LogP contribution in [0.4, 0.5) is 0 Å². The van der Waals surface area contributed by atoms with Crippen LogP contribution in [0.15, 0.2) is 115 Å². The molecule has 0 aliphatic carbocycles. The summed E-state index contributed by atoms with van der Waals surface area (Å²) in [6.07, 6.45) is 2.25. The van der Waals surface area contributed by atoms with E-state index in [2.05, 4.69) is 122 Å². The first-order chi connectivity index (χ1) is 13.8. The molecule has 4 rings (SSSR count). The molecular formula is C27H27P. The Morgan fingerprint density at radius 1 is 0.500 bits per heavy atom. The molecule has 0 fully saturated rings.